The quantitative estimate of drug-likeness (QED) is 0.107. The molecule has 0 saturated heterocycles. The molecule has 0 spiro atoms. The fourth-order valence-electron chi connectivity index (χ4n) is 5.51. The van der Waals surface area contributed by atoms with Crippen LogP contribution >= 0.6 is 0 Å². The van der Waals surface area contributed by atoms with Gasteiger partial charge in [-0.1, -0.05) is 58.1 Å². The van der Waals surface area contributed by atoms with Crippen molar-refractivity contribution >= 4 is 5.97 Å². The van der Waals surface area contributed by atoms with E-state index in [9.17, 15) is 4.79 Å². The lowest BCUT2D eigenvalue weighted by molar-refractivity contribution is -0.00996. The van der Waals surface area contributed by atoms with Gasteiger partial charge in [0.15, 0.2) is 18.3 Å². The summed E-state index contributed by atoms with van der Waals surface area (Å²) in [4.78, 5) is 13.0. The molecule has 8 heteroatoms. The first-order chi connectivity index (χ1) is 20.0. The standard InChI is InChI=1S/C33H46F2O6/c1-5-7-9-10-23-11-13-24(14-12-23)25-15-16-26(29(30(25)34)33(36)38-4)27-17-18-28(40-19-8-6-2)31(35)32(27)41-22-39-21-20-37-3/h15-18,23-24H,5-14,19-22H2,1-4H3. The molecule has 1 aliphatic rings. The predicted molar refractivity (Wildman–Crippen MR) is 156 cm³/mol. The van der Waals surface area contributed by atoms with Crippen molar-refractivity contribution in [1.82, 2.24) is 0 Å². The highest BCUT2D eigenvalue weighted by molar-refractivity contribution is 5.99. The van der Waals surface area contributed by atoms with E-state index in [1.807, 2.05) is 6.92 Å². The molecule has 1 saturated carbocycles. The Morgan fingerprint density at radius 2 is 1.56 bits per heavy atom. The fraction of sp³-hybridized carbons (Fsp3) is 0.606. The molecule has 41 heavy (non-hydrogen) atoms. The molecular weight excluding hydrogens is 530 g/mol. The average molecular weight is 577 g/mol. The monoisotopic (exact) mass is 576 g/mol. The number of ether oxygens (including phenoxy) is 5. The molecule has 2 aromatic carbocycles. The number of rotatable bonds is 17. The van der Waals surface area contributed by atoms with Gasteiger partial charge in [-0.05, 0) is 61.6 Å². The van der Waals surface area contributed by atoms with Crippen molar-refractivity contribution in [2.75, 3.05) is 40.8 Å². The summed E-state index contributed by atoms with van der Waals surface area (Å²) in [5.41, 5.74) is 0.689. The number of unbranched alkanes of at least 4 members (excludes halogenated alkanes) is 3. The Morgan fingerprint density at radius 1 is 0.829 bits per heavy atom. The largest absolute Gasteiger partial charge is 0.490 e. The lowest BCUT2D eigenvalue weighted by Gasteiger charge is -2.29. The maximum absolute atomic E-state index is 16.2. The Hall–Kier alpha value is -2.71. The van der Waals surface area contributed by atoms with Crippen LogP contribution in [0.1, 0.15) is 99.9 Å². The second-order valence-corrected chi connectivity index (χ2v) is 10.7. The van der Waals surface area contributed by atoms with Gasteiger partial charge in [-0.2, -0.15) is 4.39 Å². The van der Waals surface area contributed by atoms with E-state index in [0.717, 1.165) is 38.5 Å². The number of carbonyl (C=O) groups is 1. The molecule has 0 aliphatic heterocycles. The molecule has 0 radical (unpaired) electrons. The zero-order valence-corrected chi connectivity index (χ0v) is 25.1. The van der Waals surface area contributed by atoms with Crippen LogP contribution in [-0.2, 0) is 14.2 Å². The zero-order chi connectivity index (χ0) is 29.6. The van der Waals surface area contributed by atoms with Gasteiger partial charge in [0, 0.05) is 18.2 Å². The van der Waals surface area contributed by atoms with Crippen LogP contribution in [0, 0.1) is 17.6 Å². The molecule has 6 nitrogen and oxygen atoms in total. The van der Waals surface area contributed by atoms with E-state index in [1.165, 1.54) is 38.9 Å². The third-order valence-electron chi connectivity index (χ3n) is 7.89. The minimum Gasteiger partial charge on any atom is -0.490 e. The molecule has 1 aliphatic carbocycles. The first-order valence-corrected chi connectivity index (χ1v) is 15.0. The third-order valence-corrected chi connectivity index (χ3v) is 7.89. The fourth-order valence-corrected chi connectivity index (χ4v) is 5.51. The van der Waals surface area contributed by atoms with Crippen molar-refractivity contribution in [3.8, 4) is 22.6 Å². The van der Waals surface area contributed by atoms with E-state index >= 15 is 8.78 Å². The van der Waals surface area contributed by atoms with E-state index < -0.39 is 17.6 Å². The highest BCUT2D eigenvalue weighted by Crippen LogP contribution is 2.43. The van der Waals surface area contributed by atoms with Crippen LogP contribution < -0.4 is 9.47 Å². The molecule has 0 aromatic heterocycles. The van der Waals surface area contributed by atoms with Crippen LogP contribution in [0.15, 0.2) is 24.3 Å². The van der Waals surface area contributed by atoms with Gasteiger partial charge in [-0.3, -0.25) is 0 Å². The van der Waals surface area contributed by atoms with Crippen molar-refractivity contribution in [2.45, 2.75) is 84.0 Å². The molecule has 0 atom stereocenters. The summed E-state index contributed by atoms with van der Waals surface area (Å²) in [5.74, 6) is -1.65. The molecule has 1 fully saturated rings. The third kappa shape index (κ3) is 8.89. The highest BCUT2D eigenvalue weighted by atomic mass is 19.1. The zero-order valence-electron chi connectivity index (χ0n) is 25.1. The normalized spacial score (nSPS) is 16.9. The molecule has 0 amide bonds. The Labute approximate surface area is 243 Å². The van der Waals surface area contributed by atoms with Crippen LogP contribution in [0.5, 0.6) is 11.5 Å². The lowest BCUT2D eigenvalue weighted by Crippen LogP contribution is -2.17. The van der Waals surface area contributed by atoms with Crippen molar-refractivity contribution < 1.29 is 37.3 Å². The van der Waals surface area contributed by atoms with Gasteiger partial charge < -0.3 is 23.7 Å². The van der Waals surface area contributed by atoms with E-state index in [0.29, 0.717) is 24.7 Å². The molecule has 0 unspecified atom stereocenters. The molecule has 228 valence electrons. The summed E-state index contributed by atoms with van der Waals surface area (Å²) in [5, 5.41) is 0. The van der Waals surface area contributed by atoms with Gasteiger partial charge in [0.2, 0.25) is 5.82 Å². The van der Waals surface area contributed by atoms with Crippen LogP contribution in [0.3, 0.4) is 0 Å². The summed E-state index contributed by atoms with van der Waals surface area (Å²) in [6.07, 6.45) is 10.4. The average Bonchev–Trinajstić information content (AvgIpc) is 2.98. The molecule has 2 aromatic rings. The number of esters is 1. The summed E-state index contributed by atoms with van der Waals surface area (Å²) in [6, 6.07) is 6.45. The summed E-state index contributed by atoms with van der Waals surface area (Å²) >= 11 is 0. The Kier molecular flexibility index (Phi) is 13.8. The number of methoxy groups -OCH3 is 2. The summed E-state index contributed by atoms with van der Waals surface area (Å²) < 4.78 is 58.6. The van der Waals surface area contributed by atoms with Gasteiger partial charge in [0.05, 0.1) is 26.9 Å². The van der Waals surface area contributed by atoms with Gasteiger partial charge in [-0.15, -0.1) is 0 Å². The number of hydrogen-bond acceptors (Lipinski definition) is 6. The van der Waals surface area contributed by atoms with E-state index in [1.54, 1.807) is 25.3 Å². The minimum atomic E-state index is -0.821. The van der Waals surface area contributed by atoms with Crippen molar-refractivity contribution in [2.24, 2.45) is 5.92 Å². The van der Waals surface area contributed by atoms with E-state index in [2.05, 4.69) is 6.92 Å². The van der Waals surface area contributed by atoms with Gasteiger partial charge in [0.1, 0.15) is 11.4 Å². The van der Waals surface area contributed by atoms with Gasteiger partial charge >= 0.3 is 5.97 Å². The van der Waals surface area contributed by atoms with E-state index in [4.69, 9.17) is 23.7 Å². The SMILES string of the molecule is CCCCCC1CCC(c2ccc(-c3ccc(OCCCC)c(F)c3OCOCCOC)c(C(=O)OC)c2F)CC1. The highest BCUT2D eigenvalue weighted by Gasteiger charge is 2.30. The maximum Gasteiger partial charge on any atom is 0.341 e. The molecule has 0 heterocycles. The summed E-state index contributed by atoms with van der Waals surface area (Å²) in [7, 11) is 2.76. The lowest BCUT2D eigenvalue weighted by atomic mass is 9.76. The Morgan fingerprint density at radius 3 is 2.24 bits per heavy atom. The van der Waals surface area contributed by atoms with E-state index in [-0.39, 0.29) is 47.5 Å². The molecular formula is C33H46F2O6. The second kappa shape index (κ2) is 17.3. The number of halogens is 2. The van der Waals surface area contributed by atoms with Crippen molar-refractivity contribution in [1.29, 1.82) is 0 Å². The predicted octanol–water partition coefficient (Wildman–Crippen LogP) is 8.45. The number of carbonyl (C=O) groups excluding carboxylic acids is 1. The minimum absolute atomic E-state index is 0.0153. The van der Waals surface area contributed by atoms with Crippen LogP contribution in [0.4, 0.5) is 8.78 Å². The van der Waals surface area contributed by atoms with Crippen LogP contribution in [0.25, 0.3) is 11.1 Å². The van der Waals surface area contributed by atoms with Crippen LogP contribution in [-0.4, -0.2) is 46.8 Å². The number of hydrogen-bond donors (Lipinski definition) is 0. The summed E-state index contributed by atoms with van der Waals surface area (Å²) in [6.45, 7) is 4.89. The van der Waals surface area contributed by atoms with Crippen LogP contribution in [0.2, 0.25) is 0 Å². The second-order valence-electron chi connectivity index (χ2n) is 10.7. The smallest absolute Gasteiger partial charge is 0.341 e. The first-order valence-electron chi connectivity index (χ1n) is 15.0. The van der Waals surface area contributed by atoms with Crippen molar-refractivity contribution in [3.63, 3.8) is 0 Å². The van der Waals surface area contributed by atoms with Gasteiger partial charge in [-0.25, -0.2) is 9.18 Å². The number of benzene rings is 2. The van der Waals surface area contributed by atoms with Crippen molar-refractivity contribution in [3.05, 3.63) is 47.0 Å². The molecule has 3 rings (SSSR count). The Balaban J connectivity index is 1.95. The molecule has 0 N–H and O–H groups in total. The van der Waals surface area contributed by atoms with Gasteiger partial charge in [0.25, 0.3) is 0 Å². The maximum atomic E-state index is 16.2. The molecule has 0 bridgehead atoms. The first kappa shape index (κ1) is 32.8. The topological polar surface area (TPSA) is 63.2 Å². The Bertz CT molecular complexity index is 1100.